The Morgan fingerprint density at radius 1 is 0.292 bits per heavy atom. The summed E-state index contributed by atoms with van der Waals surface area (Å²) in [5.74, 6) is 0. The summed E-state index contributed by atoms with van der Waals surface area (Å²) in [6.45, 7) is 9.65. The first-order chi connectivity index (χ1) is 31.8. The van der Waals surface area contributed by atoms with Crippen molar-refractivity contribution in [1.82, 2.24) is 0 Å². The topological polar surface area (TPSA) is 0 Å². The lowest BCUT2D eigenvalue weighted by atomic mass is 9.79. The Labute approximate surface area is 384 Å². The van der Waals surface area contributed by atoms with Crippen LogP contribution in [0.4, 0.5) is 0 Å². The van der Waals surface area contributed by atoms with Crippen LogP contribution in [0.3, 0.4) is 0 Å². The molecule has 1 aromatic heterocycles. The van der Waals surface area contributed by atoms with Gasteiger partial charge >= 0.3 is 0 Å². The average Bonchev–Trinajstić information content (AvgIpc) is 3.91. The van der Waals surface area contributed by atoms with Gasteiger partial charge in [0.15, 0.2) is 0 Å². The summed E-state index contributed by atoms with van der Waals surface area (Å²) < 4.78 is 2.72. The molecule has 13 rings (SSSR count). The van der Waals surface area contributed by atoms with Gasteiger partial charge in [0.05, 0.1) is 0 Å². The van der Waals surface area contributed by atoms with Crippen LogP contribution in [0.2, 0.25) is 0 Å². The third kappa shape index (κ3) is 5.62. The van der Waals surface area contributed by atoms with Gasteiger partial charge < -0.3 is 0 Å². The normalized spacial score (nSPS) is 14.1. The number of thiophene rings is 1. The van der Waals surface area contributed by atoms with E-state index < -0.39 is 0 Å². The van der Waals surface area contributed by atoms with Gasteiger partial charge in [-0.05, 0) is 141 Å². The molecule has 0 aliphatic heterocycles. The second kappa shape index (κ2) is 14.1. The third-order valence-corrected chi connectivity index (χ3v) is 16.0. The van der Waals surface area contributed by atoms with E-state index in [1.54, 1.807) is 0 Å². The molecule has 0 N–H and O–H groups in total. The molecule has 0 nitrogen and oxygen atoms in total. The first kappa shape index (κ1) is 38.2. The molecule has 1 heteroatoms. The summed E-state index contributed by atoms with van der Waals surface area (Å²) in [6, 6.07) is 77.5. The lowest BCUT2D eigenvalue weighted by Gasteiger charge is -2.24. The van der Waals surface area contributed by atoms with Crippen molar-refractivity contribution in [2.75, 3.05) is 0 Å². The predicted octanol–water partition coefficient (Wildman–Crippen LogP) is 18.3. The third-order valence-electron chi connectivity index (χ3n) is 14.9. The van der Waals surface area contributed by atoms with Gasteiger partial charge in [-0.1, -0.05) is 204 Å². The van der Waals surface area contributed by atoms with Gasteiger partial charge in [0.1, 0.15) is 0 Å². The van der Waals surface area contributed by atoms with Crippen molar-refractivity contribution in [2.45, 2.75) is 38.5 Å². The first-order valence-corrected chi connectivity index (χ1v) is 23.7. The van der Waals surface area contributed by atoms with Crippen LogP contribution in [0, 0.1) is 0 Å². The fourth-order valence-electron chi connectivity index (χ4n) is 11.7. The van der Waals surface area contributed by atoms with Crippen molar-refractivity contribution in [3.63, 3.8) is 0 Å². The standard InChI is InChI=1S/C64H46S/c1-63(2)55-34-29-43(45-18-7-5-6-8-20-48(49-22-12-11-21-46(45)49)47-24-15-17-39-16-9-10-19-44(39)47)37-53(55)50-31-27-42(38-57(50)63)41-28-33-56-54(36-41)51-32-26-40-30-35-59-61(60(40)62(51)64(56,3)4)52-23-13-14-25-58(52)65-59/h5-38H,1-4H3. The highest BCUT2D eigenvalue weighted by atomic mass is 32.1. The first-order valence-electron chi connectivity index (χ1n) is 22.9. The summed E-state index contributed by atoms with van der Waals surface area (Å²) >= 11 is 1.91. The Morgan fingerprint density at radius 2 is 0.846 bits per heavy atom. The Hall–Kier alpha value is -7.32. The Balaban J connectivity index is 0.938. The van der Waals surface area contributed by atoms with Crippen LogP contribution in [0.1, 0.15) is 49.9 Å². The zero-order valence-corrected chi connectivity index (χ0v) is 37.9. The lowest BCUT2D eigenvalue weighted by Crippen LogP contribution is -2.15. The molecule has 65 heavy (non-hydrogen) atoms. The monoisotopic (exact) mass is 846 g/mol. The molecule has 11 aromatic rings. The molecule has 0 amide bonds. The van der Waals surface area contributed by atoms with Gasteiger partial charge in [-0.2, -0.15) is 0 Å². The van der Waals surface area contributed by atoms with Gasteiger partial charge in [0, 0.05) is 31.0 Å². The SMILES string of the molecule is CC1(C)c2ccc(-c3ccccccc(-c4cccc5ccccc45)c4ccccc34)cc2-c2ccc(-c3ccc4c(c3)-c3ccc5ccc6sc7ccccc7c6c5c3C4(C)C)cc21. The van der Waals surface area contributed by atoms with Gasteiger partial charge in [0.25, 0.3) is 0 Å². The van der Waals surface area contributed by atoms with Crippen molar-refractivity contribution < 1.29 is 0 Å². The zero-order chi connectivity index (χ0) is 43.6. The van der Waals surface area contributed by atoms with Gasteiger partial charge in [0.2, 0.25) is 0 Å². The molecule has 0 spiro atoms. The Morgan fingerprint density at radius 3 is 1.68 bits per heavy atom. The highest BCUT2D eigenvalue weighted by Crippen LogP contribution is 2.56. The number of rotatable bonds is 3. The zero-order valence-electron chi connectivity index (χ0n) is 37.0. The number of fused-ring (bicyclic) bond motifs is 14. The summed E-state index contributed by atoms with van der Waals surface area (Å²) in [6.07, 6.45) is 0. The summed E-state index contributed by atoms with van der Waals surface area (Å²) in [5, 5.41) is 10.5. The maximum atomic E-state index is 2.48. The number of hydrogen-bond acceptors (Lipinski definition) is 1. The summed E-state index contributed by atoms with van der Waals surface area (Å²) in [7, 11) is 0. The molecule has 0 saturated carbocycles. The van der Waals surface area contributed by atoms with Gasteiger partial charge in [-0.25, -0.2) is 0 Å². The van der Waals surface area contributed by atoms with Crippen molar-refractivity contribution >= 4 is 63.8 Å². The van der Waals surface area contributed by atoms with E-state index >= 15 is 0 Å². The van der Waals surface area contributed by atoms with Crippen LogP contribution in [-0.4, -0.2) is 0 Å². The van der Waals surface area contributed by atoms with E-state index in [1.165, 1.54) is 130 Å². The van der Waals surface area contributed by atoms with Crippen molar-refractivity contribution in [3.8, 4) is 55.6 Å². The highest BCUT2D eigenvalue weighted by Gasteiger charge is 2.39. The van der Waals surface area contributed by atoms with E-state index in [9.17, 15) is 0 Å². The molecule has 2 aliphatic carbocycles. The molecule has 0 bridgehead atoms. The largest absolute Gasteiger partial charge is 0.135 e. The van der Waals surface area contributed by atoms with Gasteiger partial charge in [-0.15, -0.1) is 11.3 Å². The van der Waals surface area contributed by atoms with E-state index in [1.807, 2.05) is 11.3 Å². The molecule has 0 unspecified atom stereocenters. The van der Waals surface area contributed by atoms with Crippen LogP contribution in [-0.2, 0) is 10.8 Å². The fraction of sp³-hybridized carbons (Fsp3) is 0.0938. The maximum absolute atomic E-state index is 2.48. The van der Waals surface area contributed by atoms with E-state index in [0.717, 1.165) is 0 Å². The molecule has 308 valence electrons. The van der Waals surface area contributed by atoms with Gasteiger partial charge in [-0.3, -0.25) is 0 Å². The lowest BCUT2D eigenvalue weighted by molar-refractivity contribution is 0.660. The molecule has 0 fully saturated rings. The molecule has 10 aromatic carbocycles. The second-order valence-electron chi connectivity index (χ2n) is 19.2. The smallest absolute Gasteiger partial charge is 0.0361 e. The summed E-state index contributed by atoms with van der Waals surface area (Å²) in [5.41, 5.74) is 18.1. The van der Waals surface area contributed by atoms with Crippen LogP contribution >= 0.6 is 11.3 Å². The van der Waals surface area contributed by atoms with Crippen LogP contribution in [0.15, 0.2) is 206 Å². The Bertz CT molecular complexity index is 3890. The number of benzene rings is 9. The molecule has 2 aliphatic rings. The highest BCUT2D eigenvalue weighted by molar-refractivity contribution is 7.26. The second-order valence-corrected chi connectivity index (χ2v) is 20.2. The molecule has 0 radical (unpaired) electrons. The van der Waals surface area contributed by atoms with Crippen molar-refractivity contribution in [3.05, 3.63) is 229 Å². The van der Waals surface area contributed by atoms with Crippen LogP contribution < -0.4 is 0 Å². The Kier molecular flexibility index (Phi) is 8.27. The molecular weight excluding hydrogens is 801 g/mol. The fourth-order valence-corrected chi connectivity index (χ4v) is 12.9. The predicted molar refractivity (Wildman–Crippen MR) is 281 cm³/mol. The van der Waals surface area contributed by atoms with Crippen molar-refractivity contribution in [1.29, 1.82) is 0 Å². The van der Waals surface area contributed by atoms with E-state index in [0.29, 0.717) is 0 Å². The minimum Gasteiger partial charge on any atom is -0.135 e. The minimum absolute atomic E-state index is 0.135. The molecule has 0 saturated heterocycles. The molecule has 1 heterocycles. The summed E-state index contributed by atoms with van der Waals surface area (Å²) in [4.78, 5) is 0. The quantitative estimate of drug-likeness (QED) is 0.166. The minimum atomic E-state index is -0.157. The number of hydrogen-bond donors (Lipinski definition) is 0. The van der Waals surface area contributed by atoms with E-state index in [-0.39, 0.29) is 10.8 Å². The average molecular weight is 847 g/mol. The molecule has 0 atom stereocenters. The van der Waals surface area contributed by atoms with Crippen LogP contribution in [0.25, 0.3) is 108 Å². The molecular formula is C64H46S. The van der Waals surface area contributed by atoms with Crippen molar-refractivity contribution in [2.24, 2.45) is 0 Å². The van der Waals surface area contributed by atoms with E-state index in [4.69, 9.17) is 0 Å². The maximum Gasteiger partial charge on any atom is 0.0361 e. The van der Waals surface area contributed by atoms with E-state index in [2.05, 4.69) is 234 Å². The van der Waals surface area contributed by atoms with Crippen LogP contribution in [0.5, 0.6) is 0 Å².